The molecule has 1 aliphatic rings. The number of ether oxygens (including phenoxy) is 2. The Morgan fingerprint density at radius 3 is 2.11 bits per heavy atom. The molecular weight excluding hydrogens is 228 g/mol. The maximum absolute atomic E-state index is 6.15. The van der Waals surface area contributed by atoms with Gasteiger partial charge in [0.25, 0.3) is 0 Å². The smallest absolute Gasteiger partial charge is 0.0764 e. The number of nitrogens with two attached hydrogens (primary N) is 1. The summed E-state index contributed by atoms with van der Waals surface area (Å²) in [5.74, 6) is 6.54. The SMILES string of the molecule is COC(C(C)C)C(NN)C1CC(C)(C)OC1(C)C. The molecule has 1 saturated heterocycles. The molecule has 1 aliphatic heterocycles. The molecule has 0 radical (unpaired) electrons. The third-order valence-electron chi connectivity index (χ3n) is 4.05. The van der Waals surface area contributed by atoms with Gasteiger partial charge >= 0.3 is 0 Å². The van der Waals surface area contributed by atoms with E-state index in [2.05, 4.69) is 47.0 Å². The summed E-state index contributed by atoms with van der Waals surface area (Å²) in [7, 11) is 1.75. The molecule has 1 heterocycles. The average molecular weight is 258 g/mol. The van der Waals surface area contributed by atoms with E-state index < -0.39 is 0 Å². The fraction of sp³-hybridized carbons (Fsp3) is 1.00. The summed E-state index contributed by atoms with van der Waals surface area (Å²) >= 11 is 0. The minimum atomic E-state index is -0.188. The van der Waals surface area contributed by atoms with E-state index in [1.807, 2.05) is 0 Å². The van der Waals surface area contributed by atoms with Crippen LogP contribution in [0.15, 0.2) is 0 Å². The van der Waals surface area contributed by atoms with Gasteiger partial charge < -0.3 is 9.47 Å². The molecule has 4 nitrogen and oxygen atoms in total. The number of hydrazine groups is 1. The van der Waals surface area contributed by atoms with E-state index in [0.717, 1.165) is 6.42 Å². The van der Waals surface area contributed by atoms with E-state index in [4.69, 9.17) is 15.3 Å². The Morgan fingerprint density at radius 1 is 1.28 bits per heavy atom. The molecule has 3 N–H and O–H groups in total. The molecule has 3 atom stereocenters. The molecule has 0 aromatic carbocycles. The molecule has 0 saturated carbocycles. The van der Waals surface area contributed by atoms with Gasteiger partial charge in [0, 0.05) is 13.0 Å². The molecule has 0 aromatic heterocycles. The molecule has 4 heteroatoms. The first-order chi connectivity index (χ1) is 8.14. The van der Waals surface area contributed by atoms with Gasteiger partial charge in [-0.2, -0.15) is 0 Å². The van der Waals surface area contributed by atoms with E-state index in [-0.39, 0.29) is 23.3 Å². The van der Waals surface area contributed by atoms with E-state index in [1.165, 1.54) is 0 Å². The number of hydrogen-bond donors (Lipinski definition) is 2. The minimum absolute atomic E-state index is 0.0942. The zero-order valence-electron chi connectivity index (χ0n) is 12.9. The van der Waals surface area contributed by atoms with Crippen LogP contribution in [-0.4, -0.2) is 30.5 Å². The Balaban J connectivity index is 2.95. The van der Waals surface area contributed by atoms with E-state index in [1.54, 1.807) is 7.11 Å². The van der Waals surface area contributed by atoms with Gasteiger partial charge in [-0.3, -0.25) is 11.3 Å². The Morgan fingerprint density at radius 2 is 1.83 bits per heavy atom. The molecule has 18 heavy (non-hydrogen) atoms. The molecular formula is C14H30N2O2. The second-order valence-corrected chi connectivity index (χ2v) is 6.91. The summed E-state index contributed by atoms with van der Waals surface area (Å²) in [4.78, 5) is 0. The molecule has 0 aromatic rings. The highest BCUT2D eigenvalue weighted by Crippen LogP contribution is 2.44. The Kier molecular flexibility index (Phi) is 4.81. The van der Waals surface area contributed by atoms with Crippen LogP contribution in [0.1, 0.15) is 48.0 Å². The van der Waals surface area contributed by atoms with Gasteiger partial charge in [-0.25, -0.2) is 0 Å². The van der Waals surface area contributed by atoms with Gasteiger partial charge in [-0.1, -0.05) is 13.8 Å². The van der Waals surface area contributed by atoms with Crippen molar-refractivity contribution in [3.8, 4) is 0 Å². The largest absolute Gasteiger partial charge is 0.380 e. The van der Waals surface area contributed by atoms with E-state index >= 15 is 0 Å². The van der Waals surface area contributed by atoms with Crippen molar-refractivity contribution in [1.29, 1.82) is 0 Å². The van der Waals surface area contributed by atoms with Crippen LogP contribution in [0.4, 0.5) is 0 Å². The third-order valence-corrected chi connectivity index (χ3v) is 4.05. The van der Waals surface area contributed by atoms with Crippen LogP contribution in [0.3, 0.4) is 0 Å². The molecule has 1 rings (SSSR count). The van der Waals surface area contributed by atoms with Crippen molar-refractivity contribution in [3.05, 3.63) is 0 Å². The molecule has 3 unspecified atom stereocenters. The Hall–Kier alpha value is -0.160. The summed E-state index contributed by atoms with van der Waals surface area (Å²) < 4.78 is 11.8. The lowest BCUT2D eigenvalue weighted by Gasteiger charge is -2.38. The highest BCUT2D eigenvalue weighted by molar-refractivity contribution is 5.01. The van der Waals surface area contributed by atoms with Crippen LogP contribution in [0, 0.1) is 11.8 Å². The lowest BCUT2D eigenvalue weighted by Crippen LogP contribution is -2.55. The topological polar surface area (TPSA) is 56.5 Å². The molecule has 0 bridgehead atoms. The van der Waals surface area contributed by atoms with Gasteiger partial charge in [-0.05, 0) is 40.0 Å². The third kappa shape index (κ3) is 3.23. The standard InChI is InChI=1S/C14H30N2O2/c1-9(2)12(17-7)11(16-15)10-8-13(3,4)18-14(10,5)6/h9-12,16H,8,15H2,1-7H3. The van der Waals surface area contributed by atoms with Gasteiger partial charge in [-0.15, -0.1) is 0 Å². The number of rotatable bonds is 5. The summed E-state index contributed by atoms with van der Waals surface area (Å²) in [6, 6.07) is 0.103. The van der Waals surface area contributed by atoms with Crippen molar-refractivity contribution < 1.29 is 9.47 Å². The van der Waals surface area contributed by atoms with Gasteiger partial charge in [0.2, 0.25) is 0 Å². The normalized spacial score (nSPS) is 29.5. The van der Waals surface area contributed by atoms with Crippen LogP contribution in [0.5, 0.6) is 0 Å². The average Bonchev–Trinajstić information content (AvgIpc) is 2.42. The fourth-order valence-corrected chi connectivity index (χ4v) is 3.44. The summed E-state index contributed by atoms with van der Waals surface area (Å²) in [6.45, 7) is 12.9. The molecule has 1 fully saturated rings. The first-order valence-electron chi connectivity index (χ1n) is 6.83. The van der Waals surface area contributed by atoms with Crippen molar-refractivity contribution >= 4 is 0 Å². The fourth-order valence-electron chi connectivity index (χ4n) is 3.44. The van der Waals surface area contributed by atoms with Gasteiger partial charge in [0.05, 0.1) is 23.3 Å². The summed E-state index contributed by atoms with van der Waals surface area (Å²) in [6.07, 6.45) is 1.08. The first-order valence-corrected chi connectivity index (χ1v) is 6.83. The van der Waals surface area contributed by atoms with Crippen LogP contribution >= 0.6 is 0 Å². The lowest BCUT2D eigenvalue weighted by molar-refractivity contribution is -0.0869. The first kappa shape index (κ1) is 15.9. The number of nitrogens with one attached hydrogen (secondary N) is 1. The summed E-state index contributed by atoms with van der Waals surface area (Å²) in [5, 5.41) is 0. The van der Waals surface area contributed by atoms with Crippen LogP contribution in [-0.2, 0) is 9.47 Å². The van der Waals surface area contributed by atoms with Crippen molar-refractivity contribution in [3.63, 3.8) is 0 Å². The van der Waals surface area contributed by atoms with Crippen LogP contribution in [0.25, 0.3) is 0 Å². The van der Waals surface area contributed by atoms with Crippen molar-refractivity contribution in [2.45, 2.75) is 71.3 Å². The highest BCUT2D eigenvalue weighted by atomic mass is 16.5. The second kappa shape index (κ2) is 5.45. The monoisotopic (exact) mass is 258 g/mol. The Labute approximate surface area is 112 Å². The van der Waals surface area contributed by atoms with E-state index in [0.29, 0.717) is 11.8 Å². The molecule has 0 spiro atoms. The van der Waals surface area contributed by atoms with Crippen molar-refractivity contribution in [2.24, 2.45) is 17.7 Å². The lowest BCUT2D eigenvalue weighted by atomic mass is 9.77. The number of hydrogen-bond acceptors (Lipinski definition) is 4. The maximum atomic E-state index is 6.15. The molecule has 0 amide bonds. The van der Waals surface area contributed by atoms with Crippen molar-refractivity contribution in [1.82, 2.24) is 5.43 Å². The maximum Gasteiger partial charge on any atom is 0.0764 e. The van der Waals surface area contributed by atoms with Gasteiger partial charge in [0.15, 0.2) is 0 Å². The predicted molar refractivity (Wildman–Crippen MR) is 74.1 cm³/mol. The molecule has 108 valence electrons. The highest BCUT2D eigenvalue weighted by Gasteiger charge is 2.50. The van der Waals surface area contributed by atoms with Gasteiger partial charge in [0.1, 0.15) is 0 Å². The summed E-state index contributed by atoms with van der Waals surface area (Å²) in [5.41, 5.74) is 2.68. The minimum Gasteiger partial charge on any atom is -0.380 e. The van der Waals surface area contributed by atoms with E-state index in [9.17, 15) is 0 Å². The quantitative estimate of drug-likeness (QED) is 0.585. The molecule has 0 aliphatic carbocycles. The predicted octanol–water partition coefficient (Wildman–Crippen LogP) is 2.08. The zero-order chi connectivity index (χ0) is 14.1. The number of methoxy groups -OCH3 is 1. The van der Waals surface area contributed by atoms with Crippen molar-refractivity contribution in [2.75, 3.05) is 7.11 Å². The van der Waals surface area contributed by atoms with Crippen LogP contribution < -0.4 is 11.3 Å². The zero-order valence-corrected chi connectivity index (χ0v) is 12.9. The Bertz CT molecular complexity index is 277. The van der Waals surface area contributed by atoms with Crippen LogP contribution in [0.2, 0.25) is 0 Å². The second-order valence-electron chi connectivity index (χ2n) is 6.91.